The number of carbonyl (C=O) groups is 1. The maximum atomic E-state index is 13.4. The molecule has 0 saturated carbocycles. The number of hydrogen-bond donors (Lipinski definition) is 0. The molecule has 0 aliphatic carbocycles. The van der Waals surface area contributed by atoms with Gasteiger partial charge in [0.15, 0.2) is 0 Å². The first kappa shape index (κ1) is 19.3. The van der Waals surface area contributed by atoms with Gasteiger partial charge >= 0.3 is 0 Å². The van der Waals surface area contributed by atoms with E-state index in [1.807, 2.05) is 60.4 Å². The van der Waals surface area contributed by atoms with E-state index in [1.165, 1.54) is 4.70 Å². The second kappa shape index (κ2) is 7.85. The van der Waals surface area contributed by atoms with E-state index in [-0.39, 0.29) is 11.8 Å². The van der Waals surface area contributed by atoms with Gasteiger partial charge in [-0.3, -0.25) is 4.79 Å². The summed E-state index contributed by atoms with van der Waals surface area (Å²) in [6, 6.07) is 17.8. The second-order valence-corrected chi connectivity index (χ2v) is 9.03. The third kappa shape index (κ3) is 3.40. The Labute approximate surface area is 183 Å². The number of hydrogen-bond acceptors (Lipinski definition) is 4. The van der Waals surface area contributed by atoms with Gasteiger partial charge in [0, 0.05) is 19.0 Å². The van der Waals surface area contributed by atoms with Gasteiger partial charge in [-0.05, 0) is 44.0 Å². The fourth-order valence-electron chi connectivity index (χ4n) is 4.07. The quantitative estimate of drug-likeness (QED) is 0.428. The molecule has 0 N–H and O–H groups in total. The number of piperidine rings is 1. The summed E-state index contributed by atoms with van der Waals surface area (Å²) in [5.41, 5.74) is 3.01. The van der Waals surface area contributed by atoms with Crippen molar-refractivity contribution in [3.8, 4) is 5.69 Å². The number of likely N-dealkylation sites (tertiary alicyclic amines) is 1. The minimum absolute atomic E-state index is 0.0505. The molecule has 0 bridgehead atoms. The summed E-state index contributed by atoms with van der Waals surface area (Å²) in [6.45, 7) is 3.23. The highest BCUT2D eigenvalue weighted by Gasteiger charge is 2.31. The standard InChI is InChI=1S/C23H21ClN4OS/c1-15-20(21(24)28(26-15)17-9-3-2-4-10-17)23(29)27-13-7-8-16(14-27)22-25-18-11-5-6-12-19(18)30-22/h2-6,9-12,16H,7-8,13-14H2,1H3. The molecule has 0 radical (unpaired) electrons. The van der Waals surface area contributed by atoms with Gasteiger partial charge in [-0.1, -0.05) is 41.9 Å². The molecule has 1 saturated heterocycles. The fourth-order valence-corrected chi connectivity index (χ4v) is 5.51. The van der Waals surface area contributed by atoms with Gasteiger partial charge in [0.05, 0.1) is 32.2 Å². The number of para-hydroxylation sites is 2. The Morgan fingerprint density at radius 3 is 2.70 bits per heavy atom. The van der Waals surface area contributed by atoms with Crippen molar-refractivity contribution in [1.82, 2.24) is 19.7 Å². The van der Waals surface area contributed by atoms with E-state index in [1.54, 1.807) is 16.0 Å². The van der Waals surface area contributed by atoms with E-state index in [2.05, 4.69) is 11.2 Å². The van der Waals surface area contributed by atoms with E-state index < -0.39 is 0 Å². The van der Waals surface area contributed by atoms with Crippen LogP contribution in [0.5, 0.6) is 0 Å². The highest BCUT2D eigenvalue weighted by Crippen LogP contribution is 2.34. The van der Waals surface area contributed by atoms with Crippen LogP contribution < -0.4 is 0 Å². The van der Waals surface area contributed by atoms with Crippen molar-refractivity contribution in [3.05, 3.63) is 76.0 Å². The summed E-state index contributed by atoms with van der Waals surface area (Å²) in [5, 5.41) is 6.00. The summed E-state index contributed by atoms with van der Waals surface area (Å²) in [7, 11) is 0. The molecule has 5 nitrogen and oxygen atoms in total. The molecule has 4 aromatic rings. The first-order valence-electron chi connectivity index (χ1n) is 10.1. The Hall–Kier alpha value is -2.70. The molecular weight excluding hydrogens is 416 g/mol. The molecule has 3 heterocycles. The van der Waals surface area contributed by atoms with Gasteiger partial charge < -0.3 is 4.90 Å². The lowest BCUT2D eigenvalue weighted by molar-refractivity contribution is 0.0706. The second-order valence-electron chi connectivity index (χ2n) is 7.61. The van der Waals surface area contributed by atoms with Crippen LogP contribution in [0.1, 0.15) is 39.8 Å². The highest BCUT2D eigenvalue weighted by molar-refractivity contribution is 7.18. The Morgan fingerprint density at radius 2 is 1.90 bits per heavy atom. The Morgan fingerprint density at radius 1 is 1.13 bits per heavy atom. The number of aromatic nitrogens is 3. The molecule has 1 amide bonds. The average Bonchev–Trinajstić information content (AvgIpc) is 3.34. The van der Waals surface area contributed by atoms with Gasteiger partial charge in [-0.2, -0.15) is 5.10 Å². The first-order valence-corrected chi connectivity index (χ1v) is 11.3. The Bertz CT molecular complexity index is 1180. The summed E-state index contributed by atoms with van der Waals surface area (Å²) in [4.78, 5) is 20.1. The number of nitrogens with zero attached hydrogens (tertiary/aromatic N) is 4. The van der Waals surface area contributed by atoms with Crippen molar-refractivity contribution in [3.63, 3.8) is 0 Å². The topological polar surface area (TPSA) is 51.0 Å². The SMILES string of the molecule is Cc1nn(-c2ccccc2)c(Cl)c1C(=O)N1CCCC(c2nc3ccccc3s2)C1. The highest BCUT2D eigenvalue weighted by atomic mass is 35.5. The molecule has 30 heavy (non-hydrogen) atoms. The molecule has 1 aliphatic rings. The Kier molecular flexibility index (Phi) is 5.05. The molecular formula is C23H21ClN4OS. The third-order valence-corrected chi connectivity index (χ3v) is 7.13. The lowest BCUT2D eigenvalue weighted by Crippen LogP contribution is -2.39. The predicted octanol–water partition coefficient (Wildman–Crippen LogP) is 5.46. The van der Waals surface area contributed by atoms with Crippen LogP contribution in [-0.2, 0) is 0 Å². The minimum Gasteiger partial charge on any atom is -0.338 e. The maximum absolute atomic E-state index is 13.4. The number of thiazole rings is 1. The fraction of sp³-hybridized carbons (Fsp3) is 0.261. The summed E-state index contributed by atoms with van der Waals surface area (Å²) < 4.78 is 2.83. The van der Waals surface area contributed by atoms with Crippen LogP contribution in [-0.4, -0.2) is 38.7 Å². The first-order chi connectivity index (χ1) is 14.6. The van der Waals surface area contributed by atoms with E-state index in [4.69, 9.17) is 16.6 Å². The largest absolute Gasteiger partial charge is 0.338 e. The molecule has 152 valence electrons. The average molecular weight is 437 g/mol. The summed E-state index contributed by atoms with van der Waals surface area (Å²) in [5.74, 6) is 0.203. The number of amides is 1. The molecule has 2 aromatic heterocycles. The monoisotopic (exact) mass is 436 g/mol. The van der Waals surface area contributed by atoms with Crippen molar-refractivity contribution in [2.24, 2.45) is 0 Å². The lowest BCUT2D eigenvalue weighted by Gasteiger charge is -2.31. The maximum Gasteiger partial charge on any atom is 0.258 e. The van der Waals surface area contributed by atoms with Crippen LogP contribution >= 0.6 is 22.9 Å². The predicted molar refractivity (Wildman–Crippen MR) is 121 cm³/mol. The number of aryl methyl sites for hydroxylation is 1. The van der Waals surface area contributed by atoms with E-state index in [0.717, 1.165) is 35.6 Å². The van der Waals surface area contributed by atoms with Crippen LogP contribution in [0.4, 0.5) is 0 Å². The van der Waals surface area contributed by atoms with Gasteiger partial charge in [-0.25, -0.2) is 9.67 Å². The lowest BCUT2D eigenvalue weighted by atomic mass is 9.98. The van der Waals surface area contributed by atoms with Crippen molar-refractivity contribution in [2.75, 3.05) is 13.1 Å². The van der Waals surface area contributed by atoms with Crippen LogP contribution in [0.25, 0.3) is 15.9 Å². The number of halogens is 1. The van der Waals surface area contributed by atoms with Crippen LogP contribution in [0.15, 0.2) is 54.6 Å². The van der Waals surface area contributed by atoms with Crippen molar-refractivity contribution >= 4 is 39.1 Å². The molecule has 1 atom stereocenters. The van der Waals surface area contributed by atoms with E-state index in [9.17, 15) is 4.79 Å². The van der Waals surface area contributed by atoms with E-state index >= 15 is 0 Å². The molecule has 2 aromatic carbocycles. The molecule has 1 aliphatic heterocycles. The molecule has 0 spiro atoms. The number of rotatable bonds is 3. The number of benzene rings is 2. The van der Waals surface area contributed by atoms with E-state index in [0.29, 0.717) is 23.0 Å². The van der Waals surface area contributed by atoms with Crippen LogP contribution in [0, 0.1) is 6.92 Å². The molecule has 5 rings (SSSR count). The van der Waals surface area contributed by atoms with Crippen LogP contribution in [0.3, 0.4) is 0 Å². The Balaban J connectivity index is 1.42. The zero-order valence-electron chi connectivity index (χ0n) is 16.6. The van der Waals surface area contributed by atoms with Gasteiger partial charge in [0.2, 0.25) is 0 Å². The normalized spacial score (nSPS) is 16.9. The van der Waals surface area contributed by atoms with Crippen molar-refractivity contribution in [1.29, 1.82) is 0 Å². The smallest absolute Gasteiger partial charge is 0.258 e. The van der Waals surface area contributed by atoms with Gasteiger partial charge in [0.25, 0.3) is 5.91 Å². The number of fused-ring (bicyclic) bond motifs is 1. The van der Waals surface area contributed by atoms with Crippen molar-refractivity contribution in [2.45, 2.75) is 25.7 Å². The minimum atomic E-state index is -0.0505. The summed E-state index contributed by atoms with van der Waals surface area (Å²) >= 11 is 8.36. The zero-order chi connectivity index (χ0) is 20.7. The molecule has 1 unspecified atom stereocenters. The van der Waals surface area contributed by atoms with Crippen molar-refractivity contribution < 1.29 is 4.79 Å². The molecule has 7 heteroatoms. The van der Waals surface area contributed by atoms with Crippen LogP contribution in [0.2, 0.25) is 5.15 Å². The summed E-state index contributed by atoms with van der Waals surface area (Å²) in [6.07, 6.45) is 2.00. The zero-order valence-corrected chi connectivity index (χ0v) is 18.2. The third-order valence-electron chi connectivity index (χ3n) is 5.59. The molecule has 1 fully saturated rings. The van der Waals surface area contributed by atoms with Gasteiger partial charge in [0.1, 0.15) is 5.15 Å². The number of carbonyl (C=O) groups excluding carboxylic acids is 1. The van der Waals surface area contributed by atoms with Gasteiger partial charge in [-0.15, -0.1) is 11.3 Å².